The van der Waals surface area contributed by atoms with Gasteiger partial charge in [-0.3, -0.25) is 0 Å². The molecule has 110 valence electrons. The van der Waals surface area contributed by atoms with Gasteiger partial charge in [0.05, 0.1) is 0 Å². The summed E-state index contributed by atoms with van der Waals surface area (Å²) in [5.74, 6) is -0.0931. The summed E-state index contributed by atoms with van der Waals surface area (Å²) in [4.78, 5) is 16.1. The Labute approximate surface area is 137 Å². The molecule has 0 amide bonds. The minimum atomic E-state index is -0.475. The summed E-state index contributed by atoms with van der Waals surface area (Å²) in [5.41, 5.74) is 1.93. The highest BCUT2D eigenvalue weighted by Crippen LogP contribution is 2.25. The van der Waals surface area contributed by atoms with Gasteiger partial charge >= 0.3 is 5.97 Å². The normalized spacial score (nSPS) is 15.8. The van der Waals surface area contributed by atoms with E-state index in [0.29, 0.717) is 27.9 Å². The van der Waals surface area contributed by atoms with E-state index in [2.05, 4.69) is 4.99 Å². The Bertz CT molecular complexity index is 783. The van der Waals surface area contributed by atoms with Crippen molar-refractivity contribution in [3.8, 4) is 0 Å². The molecule has 0 bridgehead atoms. The van der Waals surface area contributed by atoms with Gasteiger partial charge in [0, 0.05) is 16.5 Å². The van der Waals surface area contributed by atoms with Crippen LogP contribution < -0.4 is 0 Å². The highest BCUT2D eigenvalue weighted by atomic mass is 35.5. The Morgan fingerprint density at radius 3 is 2.59 bits per heavy atom. The number of esters is 1. The van der Waals surface area contributed by atoms with E-state index in [-0.39, 0.29) is 5.70 Å². The predicted octanol–water partition coefficient (Wildman–Crippen LogP) is 4.53. The Hall–Kier alpha value is -2.10. The fourth-order valence-corrected chi connectivity index (χ4v) is 2.53. The Morgan fingerprint density at radius 2 is 1.86 bits per heavy atom. The van der Waals surface area contributed by atoms with Crippen LogP contribution in [0.1, 0.15) is 11.1 Å². The van der Waals surface area contributed by atoms with Gasteiger partial charge in [-0.1, -0.05) is 59.6 Å². The van der Waals surface area contributed by atoms with Gasteiger partial charge in [0.15, 0.2) is 5.70 Å². The molecule has 0 N–H and O–H groups in total. The molecule has 5 heteroatoms. The summed E-state index contributed by atoms with van der Waals surface area (Å²) >= 11 is 11.9. The van der Waals surface area contributed by atoms with Crippen LogP contribution in [0, 0.1) is 0 Å². The Morgan fingerprint density at radius 1 is 1.09 bits per heavy atom. The van der Waals surface area contributed by atoms with Crippen molar-refractivity contribution in [1.29, 1.82) is 0 Å². The van der Waals surface area contributed by atoms with Crippen LogP contribution >= 0.6 is 23.2 Å². The maximum Gasteiger partial charge on any atom is 0.363 e. The lowest BCUT2D eigenvalue weighted by molar-refractivity contribution is -0.130. The van der Waals surface area contributed by atoms with Crippen molar-refractivity contribution >= 4 is 41.1 Å². The van der Waals surface area contributed by atoms with Gasteiger partial charge < -0.3 is 4.74 Å². The number of rotatable bonds is 3. The molecular formula is C17H11Cl2NO2. The van der Waals surface area contributed by atoms with Gasteiger partial charge in [-0.2, -0.15) is 0 Å². The number of hydrogen-bond donors (Lipinski definition) is 0. The fraction of sp³-hybridized carbons (Fsp3) is 0.0588. The fourth-order valence-electron chi connectivity index (χ4n) is 2.07. The second-order valence-electron chi connectivity index (χ2n) is 4.75. The first kappa shape index (κ1) is 14.8. The van der Waals surface area contributed by atoms with Crippen LogP contribution in [-0.4, -0.2) is 11.9 Å². The van der Waals surface area contributed by atoms with Crippen molar-refractivity contribution in [3.63, 3.8) is 0 Å². The molecule has 2 aromatic carbocycles. The first-order chi connectivity index (χ1) is 10.6. The lowest BCUT2D eigenvalue weighted by atomic mass is 10.1. The summed E-state index contributed by atoms with van der Waals surface area (Å²) in [6.07, 6.45) is 2.07. The molecule has 1 heterocycles. The minimum Gasteiger partial charge on any atom is -0.406 e. The largest absolute Gasteiger partial charge is 0.406 e. The van der Waals surface area contributed by atoms with E-state index in [1.165, 1.54) is 0 Å². The van der Waals surface area contributed by atoms with Gasteiger partial charge in [0.2, 0.25) is 5.90 Å². The monoisotopic (exact) mass is 331 g/mol. The summed E-state index contributed by atoms with van der Waals surface area (Å²) in [6.45, 7) is 0. The van der Waals surface area contributed by atoms with Crippen molar-refractivity contribution in [2.45, 2.75) is 6.42 Å². The summed E-state index contributed by atoms with van der Waals surface area (Å²) in [5, 5.41) is 0.994. The molecule has 0 unspecified atom stereocenters. The minimum absolute atomic E-state index is 0.232. The zero-order valence-corrected chi connectivity index (χ0v) is 12.9. The standard InChI is InChI=1S/C17H11Cl2NO2/c18-13-7-6-12(14(19)10-13)9-15-17(21)22-16(20-15)8-11-4-2-1-3-5-11/h1-7,9-10H,8H2/b15-9-. The first-order valence-corrected chi connectivity index (χ1v) is 7.38. The zero-order chi connectivity index (χ0) is 15.5. The van der Waals surface area contributed by atoms with Gasteiger partial charge in [0.25, 0.3) is 0 Å². The third kappa shape index (κ3) is 3.38. The zero-order valence-electron chi connectivity index (χ0n) is 11.4. The molecule has 3 rings (SSSR count). The lowest BCUT2D eigenvalue weighted by Crippen LogP contribution is -2.06. The van der Waals surface area contributed by atoms with Crippen LogP contribution in [0.2, 0.25) is 10.0 Å². The van der Waals surface area contributed by atoms with E-state index in [4.69, 9.17) is 27.9 Å². The highest BCUT2D eigenvalue weighted by Gasteiger charge is 2.23. The number of carbonyl (C=O) groups is 1. The number of hydrogen-bond acceptors (Lipinski definition) is 3. The van der Waals surface area contributed by atoms with Crippen molar-refractivity contribution < 1.29 is 9.53 Å². The molecule has 3 nitrogen and oxygen atoms in total. The van der Waals surface area contributed by atoms with Crippen molar-refractivity contribution in [2.75, 3.05) is 0 Å². The molecule has 0 spiro atoms. The van der Waals surface area contributed by atoms with Gasteiger partial charge in [0.1, 0.15) is 0 Å². The average molecular weight is 332 g/mol. The number of ether oxygens (including phenoxy) is 1. The quantitative estimate of drug-likeness (QED) is 0.612. The number of benzene rings is 2. The first-order valence-electron chi connectivity index (χ1n) is 6.62. The van der Waals surface area contributed by atoms with Crippen LogP contribution in [0.5, 0.6) is 0 Å². The maximum atomic E-state index is 11.9. The molecule has 0 radical (unpaired) electrons. The van der Waals surface area contributed by atoms with Crippen LogP contribution in [0.15, 0.2) is 59.2 Å². The second kappa shape index (κ2) is 6.34. The van der Waals surface area contributed by atoms with Gasteiger partial charge in [-0.15, -0.1) is 0 Å². The summed E-state index contributed by atoms with van der Waals surface area (Å²) in [6, 6.07) is 14.7. The number of aliphatic imine (C=N–C) groups is 1. The smallest absolute Gasteiger partial charge is 0.363 e. The molecule has 1 aliphatic rings. The molecule has 0 aliphatic carbocycles. The van der Waals surface area contributed by atoms with Crippen molar-refractivity contribution in [2.24, 2.45) is 4.99 Å². The number of cyclic esters (lactones) is 1. The van der Waals surface area contributed by atoms with Crippen molar-refractivity contribution in [1.82, 2.24) is 0 Å². The third-order valence-electron chi connectivity index (χ3n) is 3.12. The topological polar surface area (TPSA) is 38.7 Å². The second-order valence-corrected chi connectivity index (χ2v) is 5.60. The molecule has 0 fully saturated rings. The number of halogens is 2. The van der Waals surface area contributed by atoms with Crippen molar-refractivity contribution in [3.05, 3.63) is 75.4 Å². The molecule has 0 aromatic heterocycles. The van der Waals surface area contributed by atoms with E-state index in [0.717, 1.165) is 5.56 Å². The van der Waals surface area contributed by atoms with Crippen LogP contribution in [0.4, 0.5) is 0 Å². The predicted molar refractivity (Wildman–Crippen MR) is 88.1 cm³/mol. The molecule has 2 aromatic rings. The van der Waals surface area contributed by atoms with E-state index >= 15 is 0 Å². The van der Waals surface area contributed by atoms with Crippen LogP contribution in [-0.2, 0) is 16.0 Å². The van der Waals surface area contributed by atoms with E-state index in [9.17, 15) is 4.79 Å². The molecule has 0 saturated carbocycles. The third-order valence-corrected chi connectivity index (χ3v) is 3.68. The number of carbonyl (C=O) groups excluding carboxylic acids is 1. The Kier molecular flexibility index (Phi) is 4.27. The molecule has 0 atom stereocenters. The lowest BCUT2D eigenvalue weighted by Gasteiger charge is -1.99. The molecular weight excluding hydrogens is 321 g/mol. The maximum absolute atomic E-state index is 11.9. The highest BCUT2D eigenvalue weighted by molar-refractivity contribution is 6.35. The van der Waals surface area contributed by atoms with E-state index < -0.39 is 5.97 Å². The summed E-state index contributed by atoms with van der Waals surface area (Å²) in [7, 11) is 0. The van der Waals surface area contributed by atoms with E-state index in [1.807, 2.05) is 30.3 Å². The van der Waals surface area contributed by atoms with Gasteiger partial charge in [-0.05, 0) is 29.3 Å². The van der Waals surface area contributed by atoms with Crippen LogP contribution in [0.3, 0.4) is 0 Å². The number of nitrogens with zero attached hydrogens (tertiary/aromatic N) is 1. The van der Waals surface area contributed by atoms with Gasteiger partial charge in [-0.25, -0.2) is 9.79 Å². The summed E-state index contributed by atoms with van der Waals surface area (Å²) < 4.78 is 5.19. The Balaban J connectivity index is 1.85. The molecule has 0 saturated heterocycles. The average Bonchev–Trinajstić information content (AvgIpc) is 2.83. The van der Waals surface area contributed by atoms with Crippen LogP contribution in [0.25, 0.3) is 6.08 Å². The molecule has 1 aliphatic heterocycles. The SMILES string of the molecule is O=C1OC(Cc2ccccc2)=N/C1=C\c1ccc(Cl)cc1Cl. The molecule has 22 heavy (non-hydrogen) atoms. The van der Waals surface area contributed by atoms with E-state index in [1.54, 1.807) is 24.3 Å².